The molecule has 0 aliphatic carbocycles. The second-order valence-electron chi connectivity index (χ2n) is 4.11. The summed E-state index contributed by atoms with van der Waals surface area (Å²) < 4.78 is 24.7. The van der Waals surface area contributed by atoms with Crippen LogP contribution in [0.1, 0.15) is 19.4 Å². The minimum atomic E-state index is -1.88. The summed E-state index contributed by atoms with van der Waals surface area (Å²) in [5, 5.41) is 0. The van der Waals surface area contributed by atoms with Crippen molar-refractivity contribution in [3.63, 3.8) is 0 Å². The van der Waals surface area contributed by atoms with E-state index in [2.05, 4.69) is 0 Å². The lowest BCUT2D eigenvalue weighted by atomic mass is 10.2. The zero-order chi connectivity index (χ0) is 11.5. The molecule has 1 unspecified atom stereocenters. The number of rotatable bonds is 4. The quantitative estimate of drug-likeness (QED) is 0.805. The average Bonchev–Trinajstić information content (AvgIpc) is 2.15. The first-order chi connectivity index (χ1) is 6.92. The van der Waals surface area contributed by atoms with Gasteiger partial charge in [-0.05, 0) is 38.5 Å². The zero-order valence-corrected chi connectivity index (χ0v) is 10.0. The van der Waals surface area contributed by atoms with E-state index < -0.39 is 15.8 Å². The Morgan fingerprint density at radius 3 is 2.67 bits per heavy atom. The lowest BCUT2D eigenvalue weighted by Gasteiger charge is -2.20. The summed E-state index contributed by atoms with van der Waals surface area (Å²) >= 11 is -1.88. The Morgan fingerprint density at radius 2 is 2.13 bits per heavy atom. The van der Waals surface area contributed by atoms with Crippen LogP contribution in [0, 0.1) is 6.92 Å². The highest BCUT2D eigenvalue weighted by Gasteiger charge is 2.25. The van der Waals surface area contributed by atoms with Gasteiger partial charge in [0.2, 0.25) is 0 Å². The van der Waals surface area contributed by atoms with Crippen LogP contribution in [0.4, 0.5) is 0 Å². The average molecular weight is 228 g/mol. The molecule has 1 aromatic carbocycles. The number of benzene rings is 1. The van der Waals surface area contributed by atoms with Crippen LogP contribution in [-0.4, -0.2) is 20.1 Å². The molecule has 0 aliphatic rings. The van der Waals surface area contributed by atoms with Crippen LogP contribution in [0.15, 0.2) is 24.3 Å². The molecule has 3 nitrogen and oxygen atoms in total. The molecule has 0 bridgehead atoms. The van der Waals surface area contributed by atoms with Crippen LogP contribution in [0.25, 0.3) is 0 Å². The third-order valence-corrected chi connectivity index (χ3v) is 3.11. The third-order valence-electron chi connectivity index (χ3n) is 2.05. The Hall–Kier alpha value is -0.870. The fraction of sp³-hybridized carbons (Fsp3) is 0.455. The van der Waals surface area contributed by atoms with Crippen molar-refractivity contribution in [2.75, 3.05) is 6.61 Å². The molecule has 0 saturated heterocycles. The molecule has 0 aromatic heterocycles. The Balaban J connectivity index is 2.61. The van der Waals surface area contributed by atoms with Crippen molar-refractivity contribution >= 4 is 11.1 Å². The fourth-order valence-corrected chi connectivity index (χ4v) is 1.17. The maximum absolute atomic E-state index is 10.9. The molecule has 1 aromatic rings. The van der Waals surface area contributed by atoms with E-state index in [9.17, 15) is 4.21 Å². The van der Waals surface area contributed by atoms with E-state index in [1.165, 1.54) is 0 Å². The Bertz CT molecular complexity index is 361. The molecule has 0 spiro atoms. The summed E-state index contributed by atoms with van der Waals surface area (Å²) in [5.41, 5.74) is 1.11. The first-order valence-electron chi connectivity index (χ1n) is 4.72. The monoisotopic (exact) mass is 228 g/mol. The molecular formula is C11H16O3S. The fourth-order valence-electron chi connectivity index (χ4n) is 1.01. The Labute approximate surface area is 92.7 Å². The predicted molar refractivity (Wildman–Crippen MR) is 61.5 cm³/mol. The summed E-state index contributed by atoms with van der Waals surface area (Å²) in [5.74, 6) is 0.730. The van der Waals surface area contributed by atoms with Crippen LogP contribution in [0.3, 0.4) is 0 Å². The molecule has 0 saturated carbocycles. The van der Waals surface area contributed by atoms with Gasteiger partial charge < -0.3 is 9.29 Å². The van der Waals surface area contributed by atoms with Crippen LogP contribution in [0.5, 0.6) is 5.75 Å². The highest BCUT2D eigenvalue weighted by atomic mass is 32.2. The number of ether oxygens (including phenoxy) is 1. The van der Waals surface area contributed by atoms with Gasteiger partial charge in [-0.25, -0.2) is 4.21 Å². The van der Waals surface area contributed by atoms with Crippen LogP contribution in [0.2, 0.25) is 0 Å². The second-order valence-corrected chi connectivity index (χ2v) is 5.72. The van der Waals surface area contributed by atoms with Crippen LogP contribution in [-0.2, 0) is 11.1 Å². The van der Waals surface area contributed by atoms with Crippen molar-refractivity contribution in [1.29, 1.82) is 0 Å². The van der Waals surface area contributed by atoms with Gasteiger partial charge in [-0.15, -0.1) is 0 Å². The molecule has 1 N–H and O–H groups in total. The van der Waals surface area contributed by atoms with Crippen molar-refractivity contribution in [3.8, 4) is 5.75 Å². The molecule has 1 atom stereocenters. The van der Waals surface area contributed by atoms with E-state index in [1.807, 2.05) is 31.2 Å². The highest BCUT2D eigenvalue weighted by Crippen LogP contribution is 2.17. The van der Waals surface area contributed by atoms with Gasteiger partial charge in [-0.3, -0.25) is 0 Å². The van der Waals surface area contributed by atoms with Gasteiger partial charge in [-0.2, -0.15) is 0 Å². The van der Waals surface area contributed by atoms with Crippen molar-refractivity contribution in [2.24, 2.45) is 0 Å². The van der Waals surface area contributed by atoms with E-state index in [0.717, 1.165) is 11.3 Å². The SMILES string of the molecule is Cc1cccc(OCC(C)(C)S(=O)O)c1. The van der Waals surface area contributed by atoms with Gasteiger partial charge in [0.1, 0.15) is 12.4 Å². The van der Waals surface area contributed by atoms with E-state index in [4.69, 9.17) is 9.29 Å². The van der Waals surface area contributed by atoms with Gasteiger partial charge in [0.15, 0.2) is 11.1 Å². The summed E-state index contributed by atoms with van der Waals surface area (Å²) in [6.07, 6.45) is 0. The molecular weight excluding hydrogens is 212 g/mol. The Kier molecular flexibility index (Phi) is 3.88. The lowest BCUT2D eigenvalue weighted by molar-refractivity contribution is 0.278. The minimum absolute atomic E-state index is 0.222. The number of aryl methyl sites for hydroxylation is 1. The summed E-state index contributed by atoms with van der Waals surface area (Å²) in [4.78, 5) is 0. The maximum atomic E-state index is 10.9. The van der Waals surface area contributed by atoms with Crippen LogP contribution < -0.4 is 4.74 Å². The predicted octanol–water partition coefficient (Wildman–Crippen LogP) is 2.37. The summed E-state index contributed by atoms with van der Waals surface area (Å²) in [6.45, 7) is 5.58. The Morgan fingerprint density at radius 1 is 1.47 bits per heavy atom. The molecule has 1 rings (SSSR count). The molecule has 0 heterocycles. The van der Waals surface area contributed by atoms with E-state index in [-0.39, 0.29) is 6.61 Å². The normalized spacial score (nSPS) is 13.6. The molecule has 84 valence electrons. The van der Waals surface area contributed by atoms with Crippen molar-refractivity contribution in [1.82, 2.24) is 0 Å². The van der Waals surface area contributed by atoms with Gasteiger partial charge in [0, 0.05) is 0 Å². The maximum Gasteiger partial charge on any atom is 0.162 e. The first-order valence-corrected chi connectivity index (χ1v) is 5.83. The zero-order valence-electron chi connectivity index (χ0n) is 9.19. The topological polar surface area (TPSA) is 46.5 Å². The largest absolute Gasteiger partial charge is 0.492 e. The van der Waals surface area contributed by atoms with Crippen molar-refractivity contribution in [3.05, 3.63) is 29.8 Å². The van der Waals surface area contributed by atoms with E-state index in [1.54, 1.807) is 13.8 Å². The van der Waals surface area contributed by atoms with Crippen LogP contribution >= 0.6 is 0 Å². The molecule has 4 heteroatoms. The molecule has 15 heavy (non-hydrogen) atoms. The number of hydrogen-bond donors (Lipinski definition) is 1. The highest BCUT2D eigenvalue weighted by molar-refractivity contribution is 7.80. The first kappa shape index (κ1) is 12.2. The van der Waals surface area contributed by atoms with Gasteiger partial charge in [0.25, 0.3) is 0 Å². The smallest absolute Gasteiger partial charge is 0.162 e. The molecule has 0 fully saturated rings. The molecule has 0 aliphatic heterocycles. The lowest BCUT2D eigenvalue weighted by Crippen LogP contribution is -2.33. The summed E-state index contributed by atoms with van der Waals surface area (Å²) in [7, 11) is 0. The van der Waals surface area contributed by atoms with Crippen molar-refractivity contribution < 1.29 is 13.5 Å². The van der Waals surface area contributed by atoms with E-state index in [0.29, 0.717) is 0 Å². The minimum Gasteiger partial charge on any atom is -0.492 e. The molecule has 0 radical (unpaired) electrons. The standard InChI is InChI=1S/C11H16O3S/c1-9-5-4-6-10(7-9)14-8-11(2,3)15(12)13/h4-7H,8H2,1-3H3,(H,12,13). The van der Waals surface area contributed by atoms with Gasteiger partial charge >= 0.3 is 0 Å². The number of hydrogen-bond acceptors (Lipinski definition) is 2. The van der Waals surface area contributed by atoms with Gasteiger partial charge in [-0.1, -0.05) is 12.1 Å². The third kappa shape index (κ3) is 3.64. The second kappa shape index (κ2) is 4.77. The van der Waals surface area contributed by atoms with E-state index >= 15 is 0 Å². The van der Waals surface area contributed by atoms with Gasteiger partial charge in [0.05, 0.1) is 4.75 Å². The summed E-state index contributed by atoms with van der Waals surface area (Å²) in [6, 6.07) is 7.61. The molecule has 0 amide bonds. The van der Waals surface area contributed by atoms with Crippen molar-refractivity contribution in [2.45, 2.75) is 25.5 Å².